The lowest BCUT2D eigenvalue weighted by molar-refractivity contribution is -0.172. The Labute approximate surface area is 171 Å². The highest BCUT2D eigenvalue weighted by molar-refractivity contribution is 5.95. The van der Waals surface area contributed by atoms with Crippen molar-refractivity contribution in [3.63, 3.8) is 0 Å². The molecule has 150 valence electrons. The molecule has 3 aromatic rings. The first-order valence-electron chi connectivity index (χ1n) is 9.70. The Morgan fingerprint density at radius 1 is 1.27 bits per heavy atom. The van der Waals surface area contributed by atoms with Crippen LogP contribution in [0.5, 0.6) is 0 Å². The number of aldehydes is 1. The quantitative estimate of drug-likeness (QED) is 0.321. The molecule has 0 bridgehead atoms. The average Bonchev–Trinajstić information content (AvgIpc) is 3.13. The van der Waals surface area contributed by atoms with Crippen LogP contribution in [-0.2, 0) is 33.1 Å². The molecule has 5 rings (SSSR count). The highest BCUT2D eigenvalue weighted by atomic mass is 16.6. The van der Waals surface area contributed by atoms with Gasteiger partial charge in [0.15, 0.2) is 5.60 Å². The number of pyridine rings is 2. The molecule has 0 saturated heterocycles. The number of allylic oxidation sites excluding steroid dienone is 1. The van der Waals surface area contributed by atoms with Crippen molar-refractivity contribution < 1.29 is 19.4 Å². The summed E-state index contributed by atoms with van der Waals surface area (Å²) in [7, 11) is 0. The van der Waals surface area contributed by atoms with Crippen LogP contribution in [-0.4, -0.2) is 26.9 Å². The summed E-state index contributed by atoms with van der Waals surface area (Å²) in [5, 5.41) is 11.8. The number of cyclic esters (lactones) is 1. The summed E-state index contributed by atoms with van der Waals surface area (Å²) < 4.78 is 6.69. The van der Waals surface area contributed by atoms with Gasteiger partial charge in [-0.2, -0.15) is 0 Å². The van der Waals surface area contributed by atoms with Gasteiger partial charge in [-0.1, -0.05) is 31.2 Å². The average molecular weight is 402 g/mol. The Morgan fingerprint density at radius 3 is 2.83 bits per heavy atom. The number of aliphatic hydroxyl groups is 1. The number of hydrogen-bond donors (Lipinski definition) is 1. The van der Waals surface area contributed by atoms with Crippen LogP contribution >= 0.6 is 0 Å². The van der Waals surface area contributed by atoms with Crippen LogP contribution in [0, 0.1) is 0 Å². The van der Waals surface area contributed by atoms with E-state index < -0.39 is 11.6 Å². The molecule has 7 nitrogen and oxygen atoms in total. The maximum Gasteiger partial charge on any atom is 0.343 e. The second-order valence-electron chi connectivity index (χ2n) is 7.47. The minimum Gasteiger partial charge on any atom is -0.458 e. The van der Waals surface area contributed by atoms with Crippen molar-refractivity contribution in [3.8, 4) is 11.4 Å². The van der Waals surface area contributed by atoms with E-state index in [1.165, 1.54) is 6.08 Å². The number of carbonyl (C=O) groups excluding carboxylic acids is 2. The first kappa shape index (κ1) is 18.4. The van der Waals surface area contributed by atoms with Gasteiger partial charge in [0.25, 0.3) is 5.56 Å². The molecule has 0 spiro atoms. The predicted molar refractivity (Wildman–Crippen MR) is 110 cm³/mol. The fourth-order valence-corrected chi connectivity index (χ4v) is 4.39. The molecule has 1 N–H and O–H groups in total. The predicted octanol–water partition coefficient (Wildman–Crippen LogP) is 2.29. The molecule has 0 aliphatic carbocycles. The molecule has 1 atom stereocenters. The van der Waals surface area contributed by atoms with Crippen molar-refractivity contribution in [3.05, 3.63) is 69.0 Å². The summed E-state index contributed by atoms with van der Waals surface area (Å²) >= 11 is 0. The highest BCUT2D eigenvalue weighted by Gasteiger charge is 2.45. The third kappa shape index (κ3) is 2.35. The zero-order chi connectivity index (χ0) is 21.0. The number of para-hydroxylation sites is 1. The van der Waals surface area contributed by atoms with Gasteiger partial charge in [-0.3, -0.25) is 9.59 Å². The van der Waals surface area contributed by atoms with E-state index in [9.17, 15) is 19.5 Å². The van der Waals surface area contributed by atoms with E-state index in [1.807, 2.05) is 24.3 Å². The third-order valence-electron chi connectivity index (χ3n) is 5.98. The summed E-state index contributed by atoms with van der Waals surface area (Å²) in [5.74, 6) is -0.749. The molecule has 0 radical (unpaired) electrons. The zero-order valence-corrected chi connectivity index (χ0v) is 16.2. The van der Waals surface area contributed by atoms with E-state index in [-0.39, 0.29) is 36.3 Å². The van der Waals surface area contributed by atoms with Crippen LogP contribution in [0.3, 0.4) is 0 Å². The summed E-state index contributed by atoms with van der Waals surface area (Å²) in [6, 6.07) is 9.24. The minimum absolute atomic E-state index is 0.0903. The molecular formula is C23H18N2O5. The van der Waals surface area contributed by atoms with Crippen molar-refractivity contribution in [1.82, 2.24) is 9.55 Å². The molecule has 1 aromatic carbocycles. The Morgan fingerprint density at radius 2 is 2.07 bits per heavy atom. The highest BCUT2D eigenvalue weighted by Crippen LogP contribution is 2.40. The van der Waals surface area contributed by atoms with Crippen molar-refractivity contribution in [2.45, 2.75) is 32.1 Å². The SMILES string of the molecule is CC[C@@]1(O)C(=O)OCc2c1cc1n(c2=O)Cc2c-1nc1ccccc1c2/C=C/C=O. The van der Waals surface area contributed by atoms with Crippen LogP contribution in [0.15, 0.2) is 41.2 Å². The molecule has 2 aliphatic heterocycles. The van der Waals surface area contributed by atoms with Crippen molar-refractivity contribution in [1.29, 1.82) is 0 Å². The second-order valence-corrected chi connectivity index (χ2v) is 7.47. The Hall–Kier alpha value is -3.58. The zero-order valence-electron chi connectivity index (χ0n) is 16.2. The van der Waals surface area contributed by atoms with Crippen LogP contribution in [0.1, 0.15) is 35.6 Å². The molecule has 0 fully saturated rings. The van der Waals surface area contributed by atoms with Crippen molar-refractivity contribution in [2.75, 3.05) is 0 Å². The number of rotatable bonds is 3. The number of fused-ring (bicyclic) bond motifs is 5. The van der Waals surface area contributed by atoms with Gasteiger partial charge < -0.3 is 14.4 Å². The maximum absolute atomic E-state index is 13.3. The minimum atomic E-state index is -1.86. The first-order valence-corrected chi connectivity index (χ1v) is 9.70. The molecule has 2 aromatic heterocycles. The largest absolute Gasteiger partial charge is 0.458 e. The number of hydrogen-bond acceptors (Lipinski definition) is 6. The topological polar surface area (TPSA) is 98.5 Å². The van der Waals surface area contributed by atoms with E-state index in [2.05, 4.69) is 0 Å². The fourth-order valence-electron chi connectivity index (χ4n) is 4.39. The molecule has 4 heterocycles. The van der Waals surface area contributed by atoms with Gasteiger partial charge in [-0.15, -0.1) is 0 Å². The van der Waals surface area contributed by atoms with Crippen molar-refractivity contribution in [2.24, 2.45) is 0 Å². The molecule has 7 heteroatoms. The number of ether oxygens (including phenoxy) is 1. The van der Waals surface area contributed by atoms with Crippen LogP contribution in [0.25, 0.3) is 28.4 Å². The summed E-state index contributed by atoms with van der Waals surface area (Å²) in [5.41, 5.74) is 1.91. The van der Waals surface area contributed by atoms with E-state index in [0.717, 1.165) is 22.0 Å². The monoisotopic (exact) mass is 402 g/mol. The number of carbonyl (C=O) groups is 2. The third-order valence-corrected chi connectivity index (χ3v) is 5.98. The molecule has 2 aliphatic rings. The summed E-state index contributed by atoms with van der Waals surface area (Å²) in [6.45, 7) is 1.79. The Kier molecular flexibility index (Phi) is 3.98. The second kappa shape index (κ2) is 6.47. The fraction of sp³-hybridized carbons (Fsp3) is 0.217. The normalized spacial score (nSPS) is 19.5. The summed E-state index contributed by atoms with van der Waals surface area (Å²) in [6.07, 6.45) is 3.94. The summed E-state index contributed by atoms with van der Waals surface area (Å²) in [4.78, 5) is 41.3. The van der Waals surface area contributed by atoms with Crippen LogP contribution < -0.4 is 5.56 Å². The van der Waals surface area contributed by atoms with Gasteiger partial charge in [-0.25, -0.2) is 9.78 Å². The number of esters is 1. The molecule has 0 saturated carbocycles. The van der Waals surface area contributed by atoms with Gasteiger partial charge >= 0.3 is 5.97 Å². The molecular weight excluding hydrogens is 384 g/mol. The van der Waals surface area contributed by atoms with Gasteiger partial charge in [-0.05, 0) is 30.2 Å². The van der Waals surface area contributed by atoms with Gasteiger partial charge in [0.2, 0.25) is 0 Å². The Balaban J connectivity index is 1.84. The lowest BCUT2D eigenvalue weighted by Crippen LogP contribution is -2.44. The number of aromatic nitrogens is 2. The van der Waals surface area contributed by atoms with Gasteiger partial charge in [0.05, 0.1) is 29.0 Å². The van der Waals surface area contributed by atoms with Crippen molar-refractivity contribution >= 4 is 29.2 Å². The molecule has 0 amide bonds. The van der Waals surface area contributed by atoms with E-state index in [1.54, 1.807) is 23.6 Å². The maximum atomic E-state index is 13.3. The van der Waals surface area contributed by atoms with E-state index >= 15 is 0 Å². The van der Waals surface area contributed by atoms with E-state index in [4.69, 9.17) is 9.72 Å². The lowest BCUT2D eigenvalue weighted by atomic mass is 9.86. The first-order chi connectivity index (χ1) is 14.5. The lowest BCUT2D eigenvalue weighted by Gasteiger charge is -2.31. The smallest absolute Gasteiger partial charge is 0.343 e. The standard InChI is InChI=1S/C23H18N2O5/c1-2-23(29)17-10-19-20-15(11-25(19)21(27)16(17)12-30-22(23)28)13(7-5-9-26)14-6-3-4-8-18(14)24-20/h3-10,29H,2,11-12H2,1H3/b7-5+/t23-/m0/s1. The van der Waals surface area contributed by atoms with Gasteiger partial charge in [0.1, 0.15) is 12.9 Å². The van der Waals surface area contributed by atoms with Gasteiger partial charge in [0, 0.05) is 16.5 Å². The Bertz CT molecular complexity index is 1340. The number of nitrogens with zero attached hydrogens (tertiary/aromatic N) is 2. The number of benzene rings is 1. The van der Waals surface area contributed by atoms with Crippen LogP contribution in [0.2, 0.25) is 0 Å². The molecule has 30 heavy (non-hydrogen) atoms. The van der Waals surface area contributed by atoms with E-state index in [0.29, 0.717) is 17.7 Å². The molecule has 0 unspecified atom stereocenters. The van der Waals surface area contributed by atoms with Crippen LogP contribution in [0.4, 0.5) is 0 Å².